The maximum absolute atomic E-state index is 10.5. The summed E-state index contributed by atoms with van der Waals surface area (Å²) in [6.45, 7) is 1.51. The molecule has 0 radical (unpaired) electrons. The Kier molecular flexibility index (Phi) is 4.71. The first kappa shape index (κ1) is 15.4. The van der Waals surface area contributed by atoms with Crippen LogP contribution in [0.25, 0.3) is 0 Å². The molecule has 0 saturated carbocycles. The second kappa shape index (κ2) is 6.73. The molecule has 1 N–H and O–H groups in total. The smallest absolute Gasteiger partial charge is 0.133 e. The number of rotatable bonds is 4. The van der Waals surface area contributed by atoms with E-state index in [4.69, 9.17) is 4.74 Å². The van der Waals surface area contributed by atoms with Gasteiger partial charge in [0.15, 0.2) is 0 Å². The summed E-state index contributed by atoms with van der Waals surface area (Å²) in [5.74, 6) is 0.861. The van der Waals surface area contributed by atoms with E-state index in [-0.39, 0.29) is 0 Å². The van der Waals surface area contributed by atoms with Crippen LogP contribution in [-0.2, 0) is 6.42 Å². The van der Waals surface area contributed by atoms with Gasteiger partial charge in [0.05, 0.1) is 11.0 Å². The molecule has 0 aliphatic carbocycles. The Morgan fingerprint density at radius 1 is 1.18 bits per heavy atom. The zero-order chi connectivity index (χ0) is 15.5. The standard InChI is InChI=1S/C18H21NO2S/c1-19(2)10-11-21-16-8-5-7-14-15(20)12-13-6-3-4-9-17(13)22-18(14)16/h3-9,15,20H,10-12H2,1-2H3/t15-/m1/s1. The first-order chi connectivity index (χ1) is 10.6. The van der Waals surface area contributed by atoms with Crippen molar-refractivity contribution in [1.82, 2.24) is 4.90 Å². The molecule has 2 aromatic carbocycles. The summed E-state index contributed by atoms with van der Waals surface area (Å²) in [4.78, 5) is 4.33. The molecule has 1 aliphatic heterocycles. The van der Waals surface area contributed by atoms with E-state index >= 15 is 0 Å². The monoisotopic (exact) mass is 315 g/mol. The van der Waals surface area contributed by atoms with Crippen molar-refractivity contribution in [3.05, 3.63) is 53.6 Å². The van der Waals surface area contributed by atoms with E-state index in [2.05, 4.69) is 17.0 Å². The van der Waals surface area contributed by atoms with E-state index in [9.17, 15) is 5.11 Å². The van der Waals surface area contributed by atoms with Crippen LogP contribution in [0.15, 0.2) is 52.3 Å². The maximum atomic E-state index is 10.5. The van der Waals surface area contributed by atoms with Crippen molar-refractivity contribution in [2.45, 2.75) is 22.3 Å². The van der Waals surface area contributed by atoms with Crippen molar-refractivity contribution in [3.63, 3.8) is 0 Å². The average Bonchev–Trinajstić information content (AvgIpc) is 2.64. The number of aliphatic hydroxyl groups excluding tert-OH is 1. The van der Waals surface area contributed by atoms with E-state index < -0.39 is 6.10 Å². The predicted molar refractivity (Wildman–Crippen MR) is 89.7 cm³/mol. The highest BCUT2D eigenvalue weighted by atomic mass is 32.2. The van der Waals surface area contributed by atoms with Crippen LogP contribution in [0.3, 0.4) is 0 Å². The number of aliphatic hydroxyl groups is 1. The summed E-state index contributed by atoms with van der Waals surface area (Å²) in [6, 6.07) is 14.2. The van der Waals surface area contributed by atoms with Gasteiger partial charge in [-0.2, -0.15) is 0 Å². The van der Waals surface area contributed by atoms with Crippen molar-refractivity contribution < 1.29 is 9.84 Å². The van der Waals surface area contributed by atoms with Gasteiger partial charge in [0.1, 0.15) is 12.4 Å². The number of fused-ring (bicyclic) bond motifs is 2. The van der Waals surface area contributed by atoms with Crippen LogP contribution in [0.5, 0.6) is 5.75 Å². The van der Waals surface area contributed by atoms with Crippen LogP contribution >= 0.6 is 11.8 Å². The van der Waals surface area contributed by atoms with Gasteiger partial charge in [-0.1, -0.05) is 42.1 Å². The molecule has 0 unspecified atom stereocenters. The quantitative estimate of drug-likeness (QED) is 0.938. The van der Waals surface area contributed by atoms with Crippen LogP contribution in [0.1, 0.15) is 17.2 Å². The molecular weight excluding hydrogens is 294 g/mol. The van der Waals surface area contributed by atoms with Gasteiger partial charge < -0.3 is 14.7 Å². The lowest BCUT2D eigenvalue weighted by atomic mass is 10.0. The number of hydrogen-bond acceptors (Lipinski definition) is 4. The molecule has 3 rings (SSSR count). The van der Waals surface area contributed by atoms with Crippen molar-refractivity contribution in [3.8, 4) is 5.75 Å². The first-order valence-corrected chi connectivity index (χ1v) is 8.31. The number of ether oxygens (including phenoxy) is 1. The van der Waals surface area contributed by atoms with Crippen LogP contribution in [-0.4, -0.2) is 37.3 Å². The molecule has 0 amide bonds. The Morgan fingerprint density at radius 2 is 2.00 bits per heavy atom. The molecule has 3 nitrogen and oxygen atoms in total. The van der Waals surface area contributed by atoms with Crippen molar-refractivity contribution in [1.29, 1.82) is 0 Å². The first-order valence-electron chi connectivity index (χ1n) is 7.49. The third-order valence-corrected chi connectivity index (χ3v) is 5.02. The number of nitrogens with zero attached hydrogens (tertiary/aromatic N) is 1. The van der Waals surface area contributed by atoms with E-state index in [1.165, 1.54) is 10.5 Å². The molecule has 1 aliphatic rings. The summed E-state index contributed by atoms with van der Waals surface area (Å²) in [7, 11) is 4.06. The fourth-order valence-electron chi connectivity index (χ4n) is 2.56. The molecule has 1 atom stereocenters. The molecule has 4 heteroatoms. The minimum atomic E-state index is -0.483. The van der Waals surface area contributed by atoms with Crippen molar-refractivity contribution >= 4 is 11.8 Å². The highest BCUT2D eigenvalue weighted by molar-refractivity contribution is 7.99. The van der Waals surface area contributed by atoms with Crippen LogP contribution in [0.4, 0.5) is 0 Å². The Bertz CT molecular complexity index is 657. The van der Waals surface area contributed by atoms with Gasteiger partial charge in [-0.15, -0.1) is 0 Å². The third kappa shape index (κ3) is 3.29. The van der Waals surface area contributed by atoms with Crippen LogP contribution in [0.2, 0.25) is 0 Å². The van der Waals surface area contributed by atoms with Gasteiger partial charge in [-0.3, -0.25) is 0 Å². The summed E-state index contributed by atoms with van der Waals surface area (Å²) in [5.41, 5.74) is 2.15. The number of likely N-dealkylation sites (N-methyl/N-ethyl adjacent to an activating group) is 1. The van der Waals surface area contributed by atoms with Gasteiger partial charge in [-0.25, -0.2) is 0 Å². The lowest BCUT2D eigenvalue weighted by molar-refractivity contribution is 0.174. The second-order valence-corrected chi connectivity index (χ2v) is 6.81. The van der Waals surface area contributed by atoms with Gasteiger partial charge in [-0.05, 0) is 37.4 Å². The normalized spacial score (nSPS) is 16.8. The largest absolute Gasteiger partial charge is 0.491 e. The molecule has 1 heterocycles. The molecule has 22 heavy (non-hydrogen) atoms. The Balaban J connectivity index is 1.92. The molecule has 2 aromatic rings. The minimum Gasteiger partial charge on any atom is -0.491 e. The second-order valence-electron chi connectivity index (χ2n) is 5.76. The zero-order valence-corrected chi connectivity index (χ0v) is 13.8. The average molecular weight is 315 g/mol. The SMILES string of the molecule is CN(C)CCOc1cccc2c1Sc1ccccc1C[C@H]2O. The zero-order valence-electron chi connectivity index (χ0n) is 13.0. The summed E-state index contributed by atoms with van der Waals surface area (Å²) in [6.07, 6.45) is 0.167. The lowest BCUT2D eigenvalue weighted by Gasteiger charge is -2.17. The summed E-state index contributed by atoms with van der Waals surface area (Å²) < 4.78 is 5.96. The molecule has 0 fully saturated rings. The molecule has 0 spiro atoms. The Labute approximate surface area is 135 Å². The fourth-order valence-corrected chi connectivity index (χ4v) is 3.75. The molecule has 0 aromatic heterocycles. The molecular formula is C18H21NO2S. The Hall–Kier alpha value is -1.49. The predicted octanol–water partition coefficient (Wildman–Crippen LogP) is 3.37. The van der Waals surface area contributed by atoms with Gasteiger partial charge >= 0.3 is 0 Å². The number of benzene rings is 2. The molecule has 0 bridgehead atoms. The topological polar surface area (TPSA) is 32.7 Å². The summed E-state index contributed by atoms with van der Waals surface area (Å²) in [5, 5.41) is 10.5. The van der Waals surface area contributed by atoms with Crippen molar-refractivity contribution in [2.75, 3.05) is 27.2 Å². The van der Waals surface area contributed by atoms with Crippen molar-refractivity contribution in [2.24, 2.45) is 0 Å². The van der Waals surface area contributed by atoms with E-state index in [0.29, 0.717) is 13.0 Å². The van der Waals surface area contributed by atoms with Gasteiger partial charge in [0.25, 0.3) is 0 Å². The minimum absolute atomic E-state index is 0.483. The maximum Gasteiger partial charge on any atom is 0.133 e. The van der Waals surface area contributed by atoms with Crippen LogP contribution in [0, 0.1) is 0 Å². The van der Waals surface area contributed by atoms with Gasteiger partial charge in [0, 0.05) is 17.9 Å². The fraction of sp³-hybridized carbons (Fsp3) is 0.333. The van der Waals surface area contributed by atoms with E-state index in [1.54, 1.807) is 11.8 Å². The van der Waals surface area contributed by atoms with E-state index in [0.717, 1.165) is 22.8 Å². The highest BCUT2D eigenvalue weighted by Gasteiger charge is 2.23. The molecule has 116 valence electrons. The molecule has 0 saturated heterocycles. The Morgan fingerprint density at radius 3 is 2.82 bits per heavy atom. The highest BCUT2D eigenvalue weighted by Crippen LogP contribution is 2.45. The van der Waals surface area contributed by atoms with Crippen LogP contribution < -0.4 is 4.74 Å². The summed E-state index contributed by atoms with van der Waals surface area (Å²) >= 11 is 1.69. The number of hydrogen-bond donors (Lipinski definition) is 1. The van der Waals surface area contributed by atoms with E-state index in [1.807, 2.05) is 44.4 Å². The third-order valence-electron chi connectivity index (χ3n) is 3.76. The lowest BCUT2D eigenvalue weighted by Crippen LogP contribution is -2.19. The van der Waals surface area contributed by atoms with Gasteiger partial charge in [0.2, 0.25) is 0 Å².